The lowest BCUT2D eigenvalue weighted by atomic mass is 9.38. The van der Waals surface area contributed by atoms with E-state index in [4.69, 9.17) is 9.84 Å². The molecule has 6 nitrogen and oxygen atoms in total. The number of fused-ring (bicyclic) bond motifs is 5. The second-order valence-corrected chi connectivity index (χ2v) is 12.9. The minimum absolute atomic E-state index is 0.000784. The summed E-state index contributed by atoms with van der Waals surface area (Å²) in [6, 6.07) is 0. The standard InChI is InChI=1S/C30H42O6/c1-17(9-8-10-23(33)34)19-11-12-20-28(19,5)15-13-21-29(6)16-14-22(32)27(3,4)25(29)24(36-18(2)31)26(35)30(20,21)7/h9,12,14,16,19,21,24-26,35H,8,10-11,13,15H2,1-7H3,(H,33,34)/b17-9-/t19-,21+,24-,25-,26+,28-,29+,30-/m0/s1. The molecule has 0 saturated heterocycles. The van der Waals surface area contributed by atoms with Crippen LogP contribution in [0.5, 0.6) is 0 Å². The number of aliphatic hydroxyl groups is 1. The summed E-state index contributed by atoms with van der Waals surface area (Å²) in [6.45, 7) is 13.9. The van der Waals surface area contributed by atoms with Gasteiger partial charge in [-0.15, -0.1) is 0 Å². The van der Waals surface area contributed by atoms with E-state index in [-0.39, 0.29) is 35.4 Å². The molecule has 4 rings (SSSR count). The molecule has 0 radical (unpaired) electrons. The Morgan fingerprint density at radius 1 is 1.17 bits per heavy atom. The Morgan fingerprint density at radius 2 is 1.83 bits per heavy atom. The number of allylic oxidation sites excluding steroid dienone is 5. The molecule has 2 saturated carbocycles. The molecule has 2 fully saturated rings. The Balaban J connectivity index is 1.80. The number of hydrogen-bond acceptors (Lipinski definition) is 5. The Hall–Kier alpha value is -2.21. The summed E-state index contributed by atoms with van der Waals surface area (Å²) in [7, 11) is 0. The molecule has 0 aliphatic heterocycles. The number of esters is 1. The largest absolute Gasteiger partial charge is 0.481 e. The predicted octanol–water partition coefficient (Wildman–Crippen LogP) is 5.26. The lowest BCUT2D eigenvalue weighted by Crippen LogP contribution is -2.70. The number of ether oxygens (including phenoxy) is 1. The van der Waals surface area contributed by atoms with Gasteiger partial charge in [0, 0.05) is 30.1 Å². The Morgan fingerprint density at radius 3 is 2.44 bits per heavy atom. The molecular formula is C30H42O6. The minimum atomic E-state index is -0.941. The third-order valence-corrected chi connectivity index (χ3v) is 10.6. The second-order valence-electron chi connectivity index (χ2n) is 12.9. The van der Waals surface area contributed by atoms with Crippen LogP contribution in [0.15, 0.2) is 35.5 Å². The van der Waals surface area contributed by atoms with Gasteiger partial charge in [0.25, 0.3) is 0 Å². The first kappa shape index (κ1) is 26.8. The Labute approximate surface area is 214 Å². The maximum absolute atomic E-state index is 13.0. The summed E-state index contributed by atoms with van der Waals surface area (Å²) in [5, 5.41) is 21.2. The molecule has 0 aromatic rings. The van der Waals surface area contributed by atoms with E-state index in [0.717, 1.165) is 19.3 Å². The van der Waals surface area contributed by atoms with E-state index >= 15 is 0 Å². The fraction of sp³-hybridized carbons (Fsp3) is 0.700. The third kappa shape index (κ3) is 3.66. The van der Waals surface area contributed by atoms with Crippen molar-refractivity contribution in [3.8, 4) is 0 Å². The first-order valence-corrected chi connectivity index (χ1v) is 13.3. The number of aliphatic hydroxyl groups excluding tert-OH is 1. The summed E-state index contributed by atoms with van der Waals surface area (Å²) in [5.74, 6) is -1.26. The summed E-state index contributed by atoms with van der Waals surface area (Å²) in [6.07, 6.45) is 9.63. The molecule has 0 heterocycles. The SMILES string of the molecule is CC(=O)O[C@@H]1[C@@H](O)[C@@]2(C)C3=CC[C@@H](/C(C)=C\CCC(=O)O)[C@]3(C)CC[C@@H]2[C@@]2(C)C=CC(=O)C(C)(C)[C@H]12. The zero-order chi connectivity index (χ0) is 26.8. The lowest BCUT2D eigenvalue weighted by molar-refractivity contribution is -0.228. The van der Waals surface area contributed by atoms with Crippen molar-refractivity contribution < 1.29 is 29.3 Å². The van der Waals surface area contributed by atoms with Crippen LogP contribution in [0, 0.1) is 39.4 Å². The molecule has 36 heavy (non-hydrogen) atoms. The van der Waals surface area contributed by atoms with Gasteiger partial charge in [0.2, 0.25) is 0 Å². The van der Waals surface area contributed by atoms with E-state index in [9.17, 15) is 19.5 Å². The lowest BCUT2D eigenvalue weighted by Gasteiger charge is -2.67. The highest BCUT2D eigenvalue weighted by atomic mass is 16.6. The number of carboxylic acid groups (broad SMARTS) is 1. The van der Waals surface area contributed by atoms with Gasteiger partial charge in [0.15, 0.2) is 5.78 Å². The van der Waals surface area contributed by atoms with Crippen LogP contribution in [-0.4, -0.2) is 40.1 Å². The van der Waals surface area contributed by atoms with Gasteiger partial charge in [0.1, 0.15) is 12.2 Å². The van der Waals surface area contributed by atoms with Crippen LogP contribution in [0.1, 0.15) is 80.6 Å². The first-order chi connectivity index (χ1) is 16.6. The van der Waals surface area contributed by atoms with Gasteiger partial charge in [-0.3, -0.25) is 14.4 Å². The fourth-order valence-corrected chi connectivity index (χ4v) is 9.02. The van der Waals surface area contributed by atoms with E-state index in [1.54, 1.807) is 6.08 Å². The molecule has 2 N–H and O–H groups in total. The summed E-state index contributed by atoms with van der Waals surface area (Å²) in [5.41, 5.74) is 0.400. The van der Waals surface area contributed by atoms with E-state index in [2.05, 4.69) is 39.8 Å². The Kier molecular flexibility index (Phi) is 6.47. The molecular weight excluding hydrogens is 456 g/mol. The number of carbonyl (C=O) groups is 3. The smallest absolute Gasteiger partial charge is 0.303 e. The maximum Gasteiger partial charge on any atom is 0.303 e. The van der Waals surface area contributed by atoms with Crippen molar-refractivity contribution in [3.05, 3.63) is 35.5 Å². The predicted molar refractivity (Wildman–Crippen MR) is 137 cm³/mol. The quantitative estimate of drug-likeness (QED) is 0.396. The zero-order valence-corrected chi connectivity index (χ0v) is 22.8. The van der Waals surface area contributed by atoms with Crippen molar-refractivity contribution in [1.82, 2.24) is 0 Å². The average Bonchev–Trinajstić information content (AvgIpc) is 3.12. The first-order valence-electron chi connectivity index (χ1n) is 13.3. The number of carboxylic acids is 1. The summed E-state index contributed by atoms with van der Waals surface area (Å²) in [4.78, 5) is 36.3. The van der Waals surface area contributed by atoms with E-state index in [1.165, 1.54) is 18.1 Å². The van der Waals surface area contributed by atoms with Crippen LogP contribution in [0.25, 0.3) is 0 Å². The number of rotatable bonds is 5. The third-order valence-electron chi connectivity index (χ3n) is 10.6. The van der Waals surface area contributed by atoms with Crippen LogP contribution < -0.4 is 0 Å². The number of aliphatic carboxylic acids is 1. The molecule has 198 valence electrons. The summed E-state index contributed by atoms with van der Waals surface area (Å²) < 4.78 is 5.90. The highest BCUT2D eigenvalue weighted by Gasteiger charge is 2.71. The van der Waals surface area contributed by atoms with Gasteiger partial charge < -0.3 is 14.9 Å². The van der Waals surface area contributed by atoms with E-state index in [0.29, 0.717) is 6.42 Å². The van der Waals surface area contributed by atoms with Crippen LogP contribution in [0.2, 0.25) is 0 Å². The van der Waals surface area contributed by atoms with Crippen molar-refractivity contribution in [3.63, 3.8) is 0 Å². The Bertz CT molecular complexity index is 1070. The highest BCUT2D eigenvalue weighted by molar-refractivity contribution is 5.96. The summed E-state index contributed by atoms with van der Waals surface area (Å²) >= 11 is 0. The second kappa shape index (κ2) is 8.68. The fourth-order valence-electron chi connectivity index (χ4n) is 9.02. The molecule has 0 aromatic heterocycles. The van der Waals surface area contributed by atoms with Crippen molar-refractivity contribution in [2.45, 2.75) is 92.8 Å². The maximum atomic E-state index is 13.0. The molecule has 4 aliphatic rings. The number of ketones is 1. The van der Waals surface area contributed by atoms with Crippen LogP contribution in [0.3, 0.4) is 0 Å². The van der Waals surface area contributed by atoms with Gasteiger partial charge >= 0.3 is 11.9 Å². The van der Waals surface area contributed by atoms with E-state index < -0.39 is 40.4 Å². The van der Waals surface area contributed by atoms with Gasteiger partial charge in [-0.05, 0) is 61.3 Å². The highest BCUT2D eigenvalue weighted by Crippen LogP contribution is 2.72. The molecule has 6 heteroatoms. The number of carbonyl (C=O) groups excluding carboxylic acids is 2. The van der Waals surface area contributed by atoms with Crippen LogP contribution in [0.4, 0.5) is 0 Å². The van der Waals surface area contributed by atoms with Crippen molar-refractivity contribution in [1.29, 1.82) is 0 Å². The van der Waals surface area contributed by atoms with Gasteiger partial charge in [-0.1, -0.05) is 64.0 Å². The van der Waals surface area contributed by atoms with Gasteiger partial charge in [-0.2, -0.15) is 0 Å². The van der Waals surface area contributed by atoms with Crippen molar-refractivity contribution >= 4 is 17.7 Å². The molecule has 0 bridgehead atoms. The van der Waals surface area contributed by atoms with Crippen LogP contribution in [-0.2, 0) is 19.1 Å². The van der Waals surface area contributed by atoms with Gasteiger partial charge in [-0.25, -0.2) is 0 Å². The molecule has 4 aliphatic carbocycles. The minimum Gasteiger partial charge on any atom is -0.481 e. The molecule has 8 atom stereocenters. The van der Waals surface area contributed by atoms with Crippen molar-refractivity contribution in [2.24, 2.45) is 39.4 Å². The van der Waals surface area contributed by atoms with E-state index in [1.807, 2.05) is 19.9 Å². The monoisotopic (exact) mass is 498 g/mol. The molecule has 0 aromatic carbocycles. The average molecular weight is 499 g/mol. The molecule has 0 unspecified atom stereocenters. The molecule has 0 amide bonds. The normalized spacial score (nSPS) is 43.2. The van der Waals surface area contributed by atoms with Crippen molar-refractivity contribution in [2.75, 3.05) is 0 Å². The topological polar surface area (TPSA) is 101 Å². The number of hydrogen-bond donors (Lipinski definition) is 2. The van der Waals surface area contributed by atoms with Crippen LogP contribution >= 0.6 is 0 Å². The zero-order valence-electron chi connectivity index (χ0n) is 22.8. The molecule has 0 spiro atoms. The van der Waals surface area contributed by atoms with Gasteiger partial charge in [0.05, 0.1) is 0 Å².